The van der Waals surface area contributed by atoms with Crippen LogP contribution in [-0.4, -0.2) is 48.7 Å². The van der Waals surface area contributed by atoms with Gasteiger partial charge in [-0.3, -0.25) is 0 Å². The zero-order chi connectivity index (χ0) is 27.7. The summed E-state index contributed by atoms with van der Waals surface area (Å²) in [5, 5.41) is 8.94. The fraction of sp³-hybridized carbons (Fsp3) is 0.370. The van der Waals surface area contributed by atoms with E-state index < -0.39 is 26.9 Å². The number of oxazole rings is 1. The van der Waals surface area contributed by atoms with Gasteiger partial charge in [-0.2, -0.15) is 0 Å². The normalized spacial score (nSPS) is 21.8. The molecule has 2 atom stereocenters. The predicted octanol–water partition coefficient (Wildman–Crippen LogP) is 1.23. The molecule has 1 aliphatic heterocycles. The molecule has 1 fully saturated rings. The standard InChI is InChI=1S/C27H25F2IN5O3S/c1-14-21(12-39(4,36)37)33-25(38-14)20-10-31-11-22(32-20)27-13-30-9-16(26(27,2)3)15-8-19(34-35-24(15)27)23-17(28)6-5-7-18(23)29/h5-8,10-11,16H,9,12-13H2,1-4H3/q-1/t16-,27-/m0/s1. The average molecular weight is 664 g/mol. The summed E-state index contributed by atoms with van der Waals surface area (Å²) < 4.78 is 60.5. The Hall–Kier alpha value is -2.87. The molecule has 6 rings (SSSR count). The van der Waals surface area contributed by atoms with Crippen molar-refractivity contribution in [2.24, 2.45) is 5.41 Å². The molecule has 4 heterocycles. The molecule has 0 spiro atoms. The zero-order valence-electron chi connectivity index (χ0n) is 21.7. The molecule has 0 saturated carbocycles. The van der Waals surface area contributed by atoms with Crippen LogP contribution in [0, 0.1) is 24.0 Å². The molecule has 8 nitrogen and oxygen atoms in total. The van der Waals surface area contributed by atoms with Gasteiger partial charge in [0.1, 0.15) is 0 Å². The maximum atomic E-state index is 14.6. The van der Waals surface area contributed by atoms with Crippen molar-refractivity contribution in [2.45, 2.75) is 37.9 Å². The fourth-order valence-corrected chi connectivity index (χ4v) is 11.6. The van der Waals surface area contributed by atoms with Crippen molar-refractivity contribution in [3.05, 3.63) is 76.7 Å². The van der Waals surface area contributed by atoms with Crippen LogP contribution in [0.5, 0.6) is 0 Å². The van der Waals surface area contributed by atoms with Crippen LogP contribution in [0.2, 0.25) is 0 Å². The molecule has 0 unspecified atom stereocenters. The first kappa shape index (κ1) is 26.4. The summed E-state index contributed by atoms with van der Waals surface area (Å²) in [6, 6.07) is 5.56. The third-order valence-electron chi connectivity index (χ3n) is 7.93. The first-order chi connectivity index (χ1) is 18.4. The van der Waals surface area contributed by atoms with E-state index in [9.17, 15) is 17.2 Å². The van der Waals surface area contributed by atoms with Crippen molar-refractivity contribution in [3.63, 3.8) is 0 Å². The van der Waals surface area contributed by atoms with Crippen molar-refractivity contribution in [1.29, 1.82) is 0 Å². The number of aromatic nitrogens is 5. The molecule has 2 aliphatic rings. The Bertz CT molecular complexity index is 1720. The molecule has 12 heteroatoms. The minimum absolute atomic E-state index is 0.119. The number of hydrogen-bond acceptors (Lipinski definition) is 8. The number of hydrogen-bond donors (Lipinski definition) is 0. The van der Waals surface area contributed by atoms with Crippen LogP contribution in [0.3, 0.4) is 0 Å². The van der Waals surface area contributed by atoms with Gasteiger partial charge < -0.3 is 0 Å². The number of sulfone groups is 1. The van der Waals surface area contributed by atoms with Crippen molar-refractivity contribution >= 4 is 9.84 Å². The number of alkyl halides is 2. The number of benzene rings is 1. The van der Waals surface area contributed by atoms with Crippen molar-refractivity contribution < 1.29 is 42.8 Å². The predicted molar refractivity (Wildman–Crippen MR) is 135 cm³/mol. The Morgan fingerprint density at radius 1 is 1.10 bits per heavy atom. The number of nitrogens with zero attached hydrogens (tertiary/aromatic N) is 5. The van der Waals surface area contributed by atoms with Gasteiger partial charge in [-0.05, 0) is 0 Å². The molecule has 204 valence electrons. The first-order valence-electron chi connectivity index (χ1n) is 12.3. The Morgan fingerprint density at radius 2 is 1.85 bits per heavy atom. The van der Waals surface area contributed by atoms with Gasteiger partial charge in [-0.25, -0.2) is 0 Å². The molecule has 39 heavy (non-hydrogen) atoms. The molecule has 3 aromatic heterocycles. The summed E-state index contributed by atoms with van der Waals surface area (Å²) >= 11 is -0.236. The van der Waals surface area contributed by atoms with Gasteiger partial charge in [0, 0.05) is 0 Å². The van der Waals surface area contributed by atoms with Gasteiger partial charge >= 0.3 is 236 Å². The van der Waals surface area contributed by atoms with Crippen LogP contribution in [0.15, 0.2) is 41.1 Å². The van der Waals surface area contributed by atoms with Crippen LogP contribution >= 0.6 is 0 Å². The van der Waals surface area contributed by atoms with E-state index >= 15 is 0 Å². The molecular formula is C27H25F2IN5O3S-. The molecule has 1 saturated heterocycles. The van der Waals surface area contributed by atoms with E-state index in [0.29, 0.717) is 22.8 Å². The summed E-state index contributed by atoms with van der Waals surface area (Å²) in [5.74, 6) is -0.856. The summed E-state index contributed by atoms with van der Waals surface area (Å²) in [6.45, 7) is 6.03. The first-order valence-corrected chi connectivity index (χ1v) is 17.4. The monoisotopic (exact) mass is 664 g/mol. The van der Waals surface area contributed by atoms with Gasteiger partial charge in [-0.15, -0.1) is 0 Å². The Morgan fingerprint density at radius 3 is 2.56 bits per heavy atom. The maximum absolute atomic E-state index is 14.6. The fourth-order valence-electron chi connectivity index (χ4n) is 5.79. The van der Waals surface area contributed by atoms with E-state index in [1.54, 1.807) is 25.4 Å². The number of halogens is 3. The van der Waals surface area contributed by atoms with E-state index in [1.165, 1.54) is 18.2 Å². The van der Waals surface area contributed by atoms with E-state index in [1.807, 2.05) is 0 Å². The topological polar surface area (TPSA) is 112 Å². The molecule has 0 radical (unpaired) electrons. The second-order valence-corrected chi connectivity index (χ2v) is 15.5. The van der Waals surface area contributed by atoms with Crippen molar-refractivity contribution in [2.75, 3.05) is 15.1 Å². The molecule has 0 N–H and O–H groups in total. The van der Waals surface area contributed by atoms with E-state index in [0.717, 1.165) is 26.4 Å². The van der Waals surface area contributed by atoms with Crippen molar-refractivity contribution in [1.82, 2.24) is 25.1 Å². The SMILES string of the molecule is Cc1oc(-c2cncc([C@@]34C[I-]C[C@@H](c5cc(-c6c(F)cccc6F)nnc53)C4(C)C)n2)nc1CS(C)(=O)=O. The van der Waals surface area contributed by atoms with E-state index in [2.05, 4.69) is 34.0 Å². The zero-order valence-corrected chi connectivity index (χ0v) is 24.6. The van der Waals surface area contributed by atoms with Crippen LogP contribution in [-0.2, 0) is 21.0 Å². The summed E-state index contributed by atoms with van der Waals surface area (Å²) in [6.07, 6.45) is 4.42. The molecule has 0 amide bonds. The van der Waals surface area contributed by atoms with Gasteiger partial charge in [0.25, 0.3) is 0 Å². The molecular weight excluding hydrogens is 639 g/mol. The van der Waals surface area contributed by atoms with E-state index in [4.69, 9.17) is 9.40 Å². The van der Waals surface area contributed by atoms with E-state index in [-0.39, 0.29) is 55.4 Å². The number of fused-ring (bicyclic) bond motifs is 5. The molecule has 1 aromatic carbocycles. The van der Waals surface area contributed by atoms with Crippen LogP contribution < -0.4 is 21.2 Å². The summed E-state index contributed by atoms with van der Waals surface area (Å²) in [5.41, 5.74) is 2.22. The van der Waals surface area contributed by atoms with Gasteiger partial charge in [-0.1, -0.05) is 0 Å². The average Bonchev–Trinajstić information content (AvgIpc) is 3.22. The van der Waals surface area contributed by atoms with Crippen molar-refractivity contribution in [3.8, 4) is 22.8 Å². The Labute approximate surface area is 234 Å². The second kappa shape index (κ2) is 9.08. The molecule has 4 aromatic rings. The number of rotatable bonds is 5. The Kier molecular flexibility index (Phi) is 6.14. The molecule has 2 bridgehead atoms. The summed E-state index contributed by atoms with van der Waals surface area (Å²) in [4.78, 5) is 13.8. The van der Waals surface area contributed by atoms with Crippen LogP contribution in [0.25, 0.3) is 22.8 Å². The number of aryl methyl sites for hydroxylation is 1. The second-order valence-electron chi connectivity index (χ2n) is 10.7. The van der Waals surface area contributed by atoms with Crippen LogP contribution in [0.4, 0.5) is 8.78 Å². The summed E-state index contributed by atoms with van der Waals surface area (Å²) in [7, 11) is -3.30. The quantitative estimate of drug-likeness (QED) is 0.232. The minimum atomic E-state index is -3.30. The third-order valence-corrected chi connectivity index (χ3v) is 11.9. The van der Waals surface area contributed by atoms with Gasteiger partial charge in [0.15, 0.2) is 0 Å². The van der Waals surface area contributed by atoms with Gasteiger partial charge in [0.2, 0.25) is 0 Å². The van der Waals surface area contributed by atoms with Crippen LogP contribution in [0.1, 0.15) is 48.2 Å². The third kappa shape index (κ3) is 4.09. The Balaban J connectivity index is 1.49. The molecule has 1 aliphatic carbocycles. The van der Waals surface area contributed by atoms with Gasteiger partial charge in [0.05, 0.1) is 0 Å².